The average Bonchev–Trinajstić information content (AvgIpc) is 2.52. The SMILES string of the molecule is CCCOc1cncc(C(O)CCc2ccncc2)c1. The van der Waals surface area contributed by atoms with Crippen LogP contribution in [-0.4, -0.2) is 21.7 Å². The fourth-order valence-electron chi connectivity index (χ4n) is 1.94. The molecule has 0 radical (unpaired) electrons. The van der Waals surface area contributed by atoms with Gasteiger partial charge in [-0.1, -0.05) is 6.92 Å². The predicted octanol–water partition coefficient (Wildman–Crippen LogP) is 2.93. The van der Waals surface area contributed by atoms with E-state index in [4.69, 9.17) is 4.74 Å². The van der Waals surface area contributed by atoms with Crippen LogP contribution in [0.4, 0.5) is 0 Å². The molecular weight excluding hydrogens is 252 g/mol. The minimum Gasteiger partial charge on any atom is -0.492 e. The van der Waals surface area contributed by atoms with Crippen molar-refractivity contribution in [1.29, 1.82) is 0 Å². The molecule has 2 aromatic heterocycles. The minimum absolute atomic E-state index is 0.527. The van der Waals surface area contributed by atoms with Gasteiger partial charge in [-0.3, -0.25) is 9.97 Å². The summed E-state index contributed by atoms with van der Waals surface area (Å²) in [6.07, 6.45) is 8.79. The number of aliphatic hydroxyl groups excluding tert-OH is 1. The van der Waals surface area contributed by atoms with E-state index >= 15 is 0 Å². The third kappa shape index (κ3) is 4.31. The Morgan fingerprint density at radius 1 is 1.20 bits per heavy atom. The van der Waals surface area contributed by atoms with Crippen molar-refractivity contribution in [3.05, 3.63) is 54.1 Å². The van der Waals surface area contributed by atoms with Gasteiger partial charge >= 0.3 is 0 Å². The van der Waals surface area contributed by atoms with Crippen LogP contribution in [0.5, 0.6) is 5.75 Å². The lowest BCUT2D eigenvalue weighted by atomic mass is 10.0. The summed E-state index contributed by atoms with van der Waals surface area (Å²) in [7, 11) is 0. The van der Waals surface area contributed by atoms with Crippen LogP contribution >= 0.6 is 0 Å². The molecule has 0 saturated carbocycles. The van der Waals surface area contributed by atoms with Crippen molar-refractivity contribution < 1.29 is 9.84 Å². The largest absolute Gasteiger partial charge is 0.492 e. The first-order chi connectivity index (χ1) is 9.79. The van der Waals surface area contributed by atoms with Crippen molar-refractivity contribution in [2.24, 2.45) is 0 Å². The van der Waals surface area contributed by atoms with Gasteiger partial charge in [0, 0.05) is 24.2 Å². The second kappa shape index (κ2) is 7.60. The van der Waals surface area contributed by atoms with Gasteiger partial charge in [0.15, 0.2) is 0 Å². The van der Waals surface area contributed by atoms with Gasteiger partial charge in [0.25, 0.3) is 0 Å². The number of hydrogen-bond acceptors (Lipinski definition) is 4. The second-order valence-corrected chi connectivity index (χ2v) is 4.71. The summed E-state index contributed by atoms with van der Waals surface area (Å²) in [5.74, 6) is 0.715. The van der Waals surface area contributed by atoms with E-state index in [0.29, 0.717) is 18.8 Å². The van der Waals surface area contributed by atoms with E-state index in [-0.39, 0.29) is 0 Å². The molecule has 0 saturated heterocycles. The van der Waals surface area contributed by atoms with Crippen molar-refractivity contribution in [1.82, 2.24) is 9.97 Å². The summed E-state index contributed by atoms with van der Waals surface area (Å²) >= 11 is 0. The fourth-order valence-corrected chi connectivity index (χ4v) is 1.94. The average molecular weight is 272 g/mol. The van der Waals surface area contributed by atoms with Gasteiger partial charge in [-0.05, 0) is 43.0 Å². The molecule has 0 aliphatic rings. The Bertz CT molecular complexity index is 517. The zero-order valence-corrected chi connectivity index (χ0v) is 11.7. The highest BCUT2D eigenvalue weighted by Crippen LogP contribution is 2.21. The number of nitrogens with zero attached hydrogens (tertiary/aromatic N) is 2. The molecule has 2 heterocycles. The zero-order valence-electron chi connectivity index (χ0n) is 11.7. The van der Waals surface area contributed by atoms with E-state index in [1.807, 2.05) is 18.2 Å². The van der Waals surface area contributed by atoms with Crippen LogP contribution in [0.3, 0.4) is 0 Å². The maximum atomic E-state index is 10.2. The molecule has 106 valence electrons. The van der Waals surface area contributed by atoms with Crippen molar-refractivity contribution in [2.75, 3.05) is 6.61 Å². The first-order valence-electron chi connectivity index (χ1n) is 6.94. The van der Waals surface area contributed by atoms with Crippen LogP contribution in [0.25, 0.3) is 0 Å². The molecule has 0 aromatic carbocycles. The third-order valence-corrected chi connectivity index (χ3v) is 3.05. The molecule has 0 aliphatic carbocycles. The highest BCUT2D eigenvalue weighted by atomic mass is 16.5. The summed E-state index contributed by atoms with van der Waals surface area (Å²) in [5, 5.41) is 10.2. The fraction of sp³-hybridized carbons (Fsp3) is 0.375. The number of aryl methyl sites for hydroxylation is 1. The van der Waals surface area contributed by atoms with Gasteiger partial charge < -0.3 is 9.84 Å². The van der Waals surface area contributed by atoms with E-state index in [1.165, 1.54) is 5.56 Å². The maximum Gasteiger partial charge on any atom is 0.137 e. The number of pyridine rings is 2. The predicted molar refractivity (Wildman–Crippen MR) is 77.5 cm³/mol. The number of aliphatic hydroxyl groups is 1. The normalized spacial score (nSPS) is 12.1. The topological polar surface area (TPSA) is 55.2 Å². The third-order valence-electron chi connectivity index (χ3n) is 3.05. The highest BCUT2D eigenvalue weighted by Gasteiger charge is 2.09. The Hall–Kier alpha value is -1.94. The number of rotatable bonds is 7. The van der Waals surface area contributed by atoms with Crippen molar-refractivity contribution in [2.45, 2.75) is 32.3 Å². The smallest absolute Gasteiger partial charge is 0.137 e. The monoisotopic (exact) mass is 272 g/mol. The van der Waals surface area contributed by atoms with Gasteiger partial charge in [0.05, 0.1) is 18.9 Å². The Morgan fingerprint density at radius 3 is 2.75 bits per heavy atom. The molecule has 0 bridgehead atoms. The van der Waals surface area contributed by atoms with Crippen LogP contribution < -0.4 is 4.74 Å². The van der Waals surface area contributed by atoms with E-state index in [0.717, 1.165) is 18.4 Å². The molecule has 1 atom stereocenters. The van der Waals surface area contributed by atoms with Gasteiger partial charge in [0.1, 0.15) is 5.75 Å². The molecule has 4 nitrogen and oxygen atoms in total. The van der Waals surface area contributed by atoms with Gasteiger partial charge in [-0.25, -0.2) is 0 Å². The van der Waals surface area contributed by atoms with E-state index in [1.54, 1.807) is 24.8 Å². The summed E-state index contributed by atoms with van der Waals surface area (Å²) in [6.45, 7) is 2.72. The van der Waals surface area contributed by atoms with Crippen molar-refractivity contribution in [3.8, 4) is 5.75 Å². The molecule has 1 N–H and O–H groups in total. The van der Waals surface area contributed by atoms with Crippen LogP contribution in [-0.2, 0) is 6.42 Å². The van der Waals surface area contributed by atoms with Crippen LogP contribution in [0.2, 0.25) is 0 Å². The summed E-state index contributed by atoms with van der Waals surface area (Å²) in [6, 6.07) is 5.79. The van der Waals surface area contributed by atoms with E-state index in [9.17, 15) is 5.11 Å². The lowest BCUT2D eigenvalue weighted by molar-refractivity contribution is 0.167. The standard InChI is InChI=1S/C16H20N2O2/c1-2-9-20-15-10-14(11-18-12-15)16(19)4-3-13-5-7-17-8-6-13/h5-8,10-12,16,19H,2-4,9H2,1H3. The molecule has 4 heteroatoms. The molecular formula is C16H20N2O2. The first kappa shape index (κ1) is 14.5. The molecule has 2 aromatic rings. The molecule has 0 aliphatic heterocycles. The summed E-state index contributed by atoms with van der Waals surface area (Å²) in [5.41, 5.74) is 1.97. The first-order valence-corrected chi connectivity index (χ1v) is 6.94. The molecule has 20 heavy (non-hydrogen) atoms. The Kier molecular flexibility index (Phi) is 5.50. The minimum atomic E-state index is -0.527. The highest BCUT2D eigenvalue weighted by molar-refractivity contribution is 5.25. The molecule has 1 unspecified atom stereocenters. The number of hydrogen-bond donors (Lipinski definition) is 1. The summed E-state index contributed by atoms with van der Waals surface area (Å²) < 4.78 is 5.53. The van der Waals surface area contributed by atoms with Crippen LogP contribution in [0.15, 0.2) is 43.0 Å². The second-order valence-electron chi connectivity index (χ2n) is 4.71. The summed E-state index contributed by atoms with van der Waals surface area (Å²) in [4.78, 5) is 8.10. The van der Waals surface area contributed by atoms with Crippen molar-refractivity contribution >= 4 is 0 Å². The zero-order chi connectivity index (χ0) is 14.2. The van der Waals surface area contributed by atoms with Gasteiger partial charge in [-0.15, -0.1) is 0 Å². The lowest BCUT2D eigenvalue weighted by Crippen LogP contribution is -2.02. The van der Waals surface area contributed by atoms with E-state index < -0.39 is 6.10 Å². The Morgan fingerprint density at radius 2 is 2.00 bits per heavy atom. The molecule has 2 rings (SSSR count). The number of ether oxygens (including phenoxy) is 1. The quantitative estimate of drug-likeness (QED) is 0.842. The maximum absolute atomic E-state index is 10.2. The Balaban J connectivity index is 1.93. The molecule has 0 fully saturated rings. The Labute approximate surface area is 119 Å². The number of aromatic nitrogens is 2. The van der Waals surface area contributed by atoms with Crippen LogP contribution in [0.1, 0.15) is 37.0 Å². The molecule has 0 spiro atoms. The molecule has 0 amide bonds. The van der Waals surface area contributed by atoms with Gasteiger partial charge in [-0.2, -0.15) is 0 Å². The van der Waals surface area contributed by atoms with Crippen molar-refractivity contribution in [3.63, 3.8) is 0 Å². The lowest BCUT2D eigenvalue weighted by Gasteiger charge is -2.12. The van der Waals surface area contributed by atoms with Crippen LogP contribution in [0, 0.1) is 0 Å². The van der Waals surface area contributed by atoms with Gasteiger partial charge in [0.2, 0.25) is 0 Å². The van der Waals surface area contributed by atoms with E-state index in [2.05, 4.69) is 16.9 Å².